The Morgan fingerprint density at radius 2 is 1.78 bits per heavy atom. The predicted molar refractivity (Wildman–Crippen MR) is 124 cm³/mol. The van der Waals surface area contributed by atoms with E-state index in [9.17, 15) is 28.2 Å². The average Bonchev–Trinajstić information content (AvgIpc) is 2.82. The van der Waals surface area contributed by atoms with Gasteiger partial charge in [0.15, 0.2) is 5.82 Å². The molecule has 0 aliphatic heterocycles. The van der Waals surface area contributed by atoms with Gasteiger partial charge in [-0.15, -0.1) is 0 Å². The highest BCUT2D eigenvalue weighted by Crippen LogP contribution is 2.30. The largest absolute Gasteiger partial charge is 0.507 e. The molecule has 9 nitrogen and oxygen atoms in total. The first-order valence-electron chi connectivity index (χ1n) is 10.8. The lowest BCUT2D eigenvalue weighted by Gasteiger charge is -2.14. The van der Waals surface area contributed by atoms with Gasteiger partial charge in [-0.3, -0.25) is 4.79 Å². The van der Waals surface area contributed by atoms with E-state index in [-0.39, 0.29) is 42.6 Å². The summed E-state index contributed by atoms with van der Waals surface area (Å²) in [6.45, 7) is 2.27. The van der Waals surface area contributed by atoms with Crippen molar-refractivity contribution in [3.63, 3.8) is 0 Å². The number of aromatic nitrogens is 2. The Hall–Kier alpha value is -3.90. The molecule has 0 fully saturated rings. The molecule has 192 valence electrons. The van der Waals surface area contributed by atoms with Crippen LogP contribution in [0.1, 0.15) is 21.7 Å². The lowest BCUT2D eigenvalue weighted by Crippen LogP contribution is -2.33. The number of carbonyl (C=O) groups is 1. The Labute approximate surface area is 204 Å². The average molecular weight is 506 g/mol. The van der Waals surface area contributed by atoms with Gasteiger partial charge >= 0.3 is 6.18 Å². The molecule has 1 amide bonds. The van der Waals surface area contributed by atoms with Gasteiger partial charge in [0.2, 0.25) is 0 Å². The van der Waals surface area contributed by atoms with Crippen LogP contribution in [0.3, 0.4) is 0 Å². The number of hydrogen-bond acceptors (Lipinski definition) is 8. The van der Waals surface area contributed by atoms with Crippen molar-refractivity contribution in [3.05, 3.63) is 65.5 Å². The molecule has 0 saturated heterocycles. The zero-order chi connectivity index (χ0) is 26.3. The minimum atomic E-state index is -4.57. The second-order valence-electron chi connectivity index (χ2n) is 7.80. The fourth-order valence-corrected chi connectivity index (χ4v) is 3.11. The summed E-state index contributed by atoms with van der Waals surface area (Å²) in [5.41, 5.74) is 4.72. The van der Waals surface area contributed by atoms with Crippen molar-refractivity contribution in [1.29, 1.82) is 0 Å². The minimum Gasteiger partial charge on any atom is -0.507 e. The number of phenols is 1. The number of amides is 1. The number of primary amides is 1. The topological polar surface area (TPSA) is 140 Å². The Kier molecular flexibility index (Phi) is 8.67. The maximum atomic E-state index is 13.0. The molecule has 1 heterocycles. The fourth-order valence-electron chi connectivity index (χ4n) is 3.11. The first-order valence-corrected chi connectivity index (χ1v) is 10.8. The number of rotatable bonds is 11. The number of aliphatic hydroxyl groups is 1. The number of hydrogen-bond donors (Lipinski definition) is 4. The maximum absolute atomic E-state index is 13.0. The second kappa shape index (κ2) is 11.7. The molecule has 36 heavy (non-hydrogen) atoms. The van der Waals surface area contributed by atoms with E-state index in [1.54, 1.807) is 24.3 Å². The van der Waals surface area contributed by atoms with E-state index in [0.717, 1.165) is 6.07 Å². The van der Waals surface area contributed by atoms with Gasteiger partial charge in [0, 0.05) is 24.3 Å². The molecule has 3 rings (SSSR count). The summed E-state index contributed by atoms with van der Waals surface area (Å²) >= 11 is 0. The van der Waals surface area contributed by atoms with Crippen molar-refractivity contribution in [3.8, 4) is 28.6 Å². The van der Waals surface area contributed by atoms with Gasteiger partial charge in [-0.2, -0.15) is 13.2 Å². The summed E-state index contributed by atoms with van der Waals surface area (Å²) in [4.78, 5) is 18.9. The third kappa shape index (κ3) is 7.55. The molecular formula is C24H25F3N4O5. The Bertz CT molecular complexity index is 1190. The third-order valence-corrected chi connectivity index (χ3v) is 4.86. The molecule has 2 aromatic carbocycles. The number of halogens is 3. The molecule has 3 aromatic rings. The molecule has 0 bridgehead atoms. The van der Waals surface area contributed by atoms with E-state index in [1.807, 2.05) is 0 Å². The molecule has 0 saturated carbocycles. The normalized spacial score (nSPS) is 12.2. The highest BCUT2D eigenvalue weighted by atomic mass is 19.4. The highest BCUT2D eigenvalue weighted by Gasteiger charge is 2.33. The summed E-state index contributed by atoms with van der Waals surface area (Å²) in [5, 5.41) is 22.6. The monoisotopic (exact) mass is 506 g/mol. The van der Waals surface area contributed by atoms with Crippen molar-refractivity contribution in [2.45, 2.75) is 19.2 Å². The third-order valence-electron chi connectivity index (χ3n) is 4.86. The molecule has 0 radical (unpaired) electrons. The van der Waals surface area contributed by atoms with E-state index >= 15 is 0 Å². The number of nitrogens with two attached hydrogens (primary N) is 1. The number of ether oxygens (including phenoxy) is 2. The van der Waals surface area contributed by atoms with Crippen molar-refractivity contribution < 1.29 is 37.7 Å². The number of aromatic hydroxyl groups is 1. The van der Waals surface area contributed by atoms with Gasteiger partial charge < -0.3 is 30.7 Å². The zero-order valence-corrected chi connectivity index (χ0v) is 19.2. The quantitative estimate of drug-likeness (QED) is 0.291. The Balaban J connectivity index is 1.42. The van der Waals surface area contributed by atoms with E-state index in [0.29, 0.717) is 23.6 Å². The molecule has 1 atom stereocenters. The van der Waals surface area contributed by atoms with Gasteiger partial charge in [-0.25, -0.2) is 9.97 Å². The van der Waals surface area contributed by atoms with Crippen LogP contribution in [0.25, 0.3) is 11.4 Å². The number of nitrogens with one attached hydrogen (secondary N) is 1. The molecule has 5 N–H and O–H groups in total. The van der Waals surface area contributed by atoms with Gasteiger partial charge in [0.25, 0.3) is 5.91 Å². The van der Waals surface area contributed by atoms with Crippen molar-refractivity contribution in [2.24, 2.45) is 5.73 Å². The number of benzene rings is 2. The second-order valence-corrected chi connectivity index (χ2v) is 7.80. The number of aliphatic hydroxyl groups excluding tert-OH is 1. The van der Waals surface area contributed by atoms with E-state index in [2.05, 4.69) is 15.3 Å². The van der Waals surface area contributed by atoms with Crippen LogP contribution in [-0.4, -0.2) is 58.5 Å². The number of aryl methyl sites for hydroxylation is 1. The van der Waals surface area contributed by atoms with Crippen LogP contribution in [0, 0.1) is 6.92 Å². The predicted octanol–water partition coefficient (Wildman–Crippen LogP) is 2.68. The van der Waals surface area contributed by atoms with E-state index in [4.69, 9.17) is 15.2 Å². The number of nitrogens with zero attached hydrogens (tertiary/aromatic N) is 2. The van der Waals surface area contributed by atoms with Gasteiger partial charge in [0.05, 0.1) is 5.56 Å². The molecule has 0 aliphatic carbocycles. The molecule has 1 unspecified atom stereocenters. The molecule has 0 spiro atoms. The molecule has 1 aromatic heterocycles. The minimum absolute atomic E-state index is 0.0215. The first kappa shape index (κ1) is 26.7. The summed E-state index contributed by atoms with van der Waals surface area (Å²) in [5.74, 6) is -0.264. The van der Waals surface area contributed by atoms with Crippen LogP contribution in [0.4, 0.5) is 13.2 Å². The smallest absolute Gasteiger partial charge is 0.433 e. The van der Waals surface area contributed by atoms with Crippen LogP contribution < -0.4 is 20.5 Å². The number of carbonyl (C=O) groups excluding carboxylic acids is 1. The van der Waals surface area contributed by atoms with Crippen LogP contribution in [0.2, 0.25) is 0 Å². The van der Waals surface area contributed by atoms with Crippen molar-refractivity contribution >= 4 is 5.91 Å². The lowest BCUT2D eigenvalue weighted by atomic mass is 10.2. The Morgan fingerprint density at radius 3 is 2.44 bits per heavy atom. The van der Waals surface area contributed by atoms with Crippen LogP contribution >= 0.6 is 0 Å². The van der Waals surface area contributed by atoms with Gasteiger partial charge in [0.1, 0.15) is 42.3 Å². The van der Waals surface area contributed by atoms with Crippen LogP contribution in [0.15, 0.2) is 48.5 Å². The molecular weight excluding hydrogens is 481 g/mol. The van der Waals surface area contributed by atoms with E-state index < -0.39 is 23.9 Å². The highest BCUT2D eigenvalue weighted by molar-refractivity contribution is 5.95. The summed E-state index contributed by atoms with van der Waals surface area (Å²) in [6, 6.07) is 11.2. The van der Waals surface area contributed by atoms with Crippen molar-refractivity contribution in [2.75, 3.05) is 26.3 Å². The SMILES string of the molecule is Cc1cc(C(F)(F)F)nc(-c2ccc(OCC(O)CNCCOc3ccc(O)c(C(N)=O)c3)cc2)n1. The standard InChI is InChI=1S/C24H25F3N4O5/c1-14-10-21(24(25,26)27)31-23(30-14)15-2-4-17(5-3-15)36-13-16(32)12-29-8-9-35-18-6-7-20(33)19(11-18)22(28)34/h2-7,10-11,16,29,32-33H,8-9,12-13H2,1H3,(H2,28,34). The van der Waals surface area contributed by atoms with Gasteiger partial charge in [-0.05, 0) is 55.5 Å². The van der Waals surface area contributed by atoms with Crippen LogP contribution in [0.5, 0.6) is 17.2 Å². The summed E-state index contributed by atoms with van der Waals surface area (Å²) < 4.78 is 50.0. The maximum Gasteiger partial charge on any atom is 0.433 e. The number of alkyl halides is 3. The van der Waals surface area contributed by atoms with Crippen LogP contribution in [-0.2, 0) is 6.18 Å². The first-order chi connectivity index (χ1) is 17.0. The molecule has 0 aliphatic rings. The summed E-state index contributed by atoms with van der Waals surface area (Å²) in [7, 11) is 0. The van der Waals surface area contributed by atoms with E-state index in [1.165, 1.54) is 25.1 Å². The van der Waals surface area contributed by atoms with Gasteiger partial charge in [-0.1, -0.05) is 0 Å². The fraction of sp³-hybridized carbons (Fsp3) is 0.292. The lowest BCUT2D eigenvalue weighted by molar-refractivity contribution is -0.141. The van der Waals surface area contributed by atoms with Crippen molar-refractivity contribution in [1.82, 2.24) is 15.3 Å². The Morgan fingerprint density at radius 1 is 1.08 bits per heavy atom. The molecule has 12 heteroatoms. The summed E-state index contributed by atoms with van der Waals surface area (Å²) in [6.07, 6.45) is -5.41. The zero-order valence-electron chi connectivity index (χ0n) is 19.2.